The van der Waals surface area contributed by atoms with E-state index in [0.717, 1.165) is 6.26 Å². The van der Waals surface area contributed by atoms with Gasteiger partial charge >= 0.3 is 0 Å². The van der Waals surface area contributed by atoms with E-state index in [2.05, 4.69) is 4.72 Å². The average molecular weight is 417 g/mol. The summed E-state index contributed by atoms with van der Waals surface area (Å²) in [6.45, 7) is 1.77. The first-order chi connectivity index (χ1) is 13.8. The smallest absolute Gasteiger partial charge is 0.253 e. The van der Waals surface area contributed by atoms with Gasteiger partial charge in [0.1, 0.15) is 5.75 Å². The molecule has 29 heavy (non-hydrogen) atoms. The molecule has 0 radical (unpaired) electrons. The first-order valence-electron chi connectivity index (χ1n) is 9.07. The van der Waals surface area contributed by atoms with Gasteiger partial charge in [0, 0.05) is 43.0 Å². The monoisotopic (exact) mass is 417 g/mol. The van der Waals surface area contributed by atoms with Gasteiger partial charge in [0.25, 0.3) is 11.8 Å². The van der Waals surface area contributed by atoms with Crippen molar-refractivity contribution in [2.24, 2.45) is 0 Å². The van der Waals surface area contributed by atoms with E-state index in [9.17, 15) is 18.0 Å². The van der Waals surface area contributed by atoms with Gasteiger partial charge in [-0.1, -0.05) is 0 Å². The van der Waals surface area contributed by atoms with Gasteiger partial charge in [-0.05, 0) is 48.5 Å². The van der Waals surface area contributed by atoms with E-state index in [-0.39, 0.29) is 11.8 Å². The first kappa shape index (κ1) is 20.7. The Morgan fingerprint density at radius 3 is 1.62 bits per heavy atom. The van der Waals surface area contributed by atoms with Crippen LogP contribution in [0.25, 0.3) is 0 Å². The lowest BCUT2D eigenvalue weighted by Crippen LogP contribution is -2.50. The fourth-order valence-electron chi connectivity index (χ4n) is 3.11. The zero-order valence-electron chi connectivity index (χ0n) is 16.3. The fourth-order valence-corrected chi connectivity index (χ4v) is 3.67. The van der Waals surface area contributed by atoms with E-state index in [4.69, 9.17) is 4.74 Å². The summed E-state index contributed by atoms with van der Waals surface area (Å²) in [5.74, 6) is 0.470. The van der Waals surface area contributed by atoms with Gasteiger partial charge in [0.2, 0.25) is 10.0 Å². The molecule has 0 atom stereocenters. The van der Waals surface area contributed by atoms with E-state index < -0.39 is 10.0 Å². The van der Waals surface area contributed by atoms with Crippen LogP contribution >= 0.6 is 0 Å². The molecule has 3 rings (SSSR count). The molecule has 1 fully saturated rings. The molecule has 2 aromatic carbocycles. The predicted molar refractivity (Wildman–Crippen MR) is 110 cm³/mol. The van der Waals surface area contributed by atoms with Gasteiger partial charge in [0.05, 0.1) is 13.4 Å². The van der Waals surface area contributed by atoms with Crippen LogP contribution in [0, 0.1) is 0 Å². The van der Waals surface area contributed by atoms with Crippen molar-refractivity contribution in [2.45, 2.75) is 0 Å². The maximum atomic E-state index is 12.7. The number of methoxy groups -OCH3 is 1. The lowest BCUT2D eigenvalue weighted by Gasteiger charge is -2.35. The Morgan fingerprint density at radius 1 is 0.828 bits per heavy atom. The first-order valence-corrected chi connectivity index (χ1v) is 11.0. The predicted octanol–water partition coefficient (Wildman–Crippen LogP) is 1.66. The zero-order chi connectivity index (χ0) is 21.0. The molecule has 0 aromatic heterocycles. The molecule has 0 unspecified atom stereocenters. The SMILES string of the molecule is COc1ccc(C(=O)N2CCN(C(=O)c3ccc(NS(C)(=O)=O)cc3)CC2)cc1. The number of piperazine rings is 1. The summed E-state index contributed by atoms with van der Waals surface area (Å²) in [4.78, 5) is 28.7. The van der Waals surface area contributed by atoms with E-state index in [1.54, 1.807) is 65.4 Å². The zero-order valence-corrected chi connectivity index (χ0v) is 17.1. The molecule has 0 spiro atoms. The Morgan fingerprint density at radius 2 is 1.24 bits per heavy atom. The standard InChI is InChI=1S/C20H23N3O5S/c1-28-18-9-5-16(6-10-18)20(25)23-13-11-22(12-14-23)19(24)15-3-7-17(8-4-15)21-29(2,26)27/h3-10,21H,11-14H2,1-2H3. The molecule has 1 aliphatic heterocycles. The van der Waals surface area contributed by atoms with Crippen molar-refractivity contribution < 1.29 is 22.7 Å². The Balaban J connectivity index is 1.58. The number of ether oxygens (including phenoxy) is 1. The molecule has 154 valence electrons. The summed E-state index contributed by atoms with van der Waals surface area (Å²) in [7, 11) is -1.79. The molecular weight excluding hydrogens is 394 g/mol. The quantitative estimate of drug-likeness (QED) is 0.798. The van der Waals surface area contributed by atoms with E-state index in [1.165, 1.54) is 0 Å². The van der Waals surface area contributed by atoms with Gasteiger partial charge in [-0.25, -0.2) is 8.42 Å². The second-order valence-electron chi connectivity index (χ2n) is 6.76. The number of nitrogens with one attached hydrogen (secondary N) is 1. The molecule has 1 heterocycles. The second kappa shape index (κ2) is 8.52. The van der Waals surface area contributed by atoms with Crippen molar-refractivity contribution in [3.05, 3.63) is 59.7 Å². The minimum absolute atomic E-state index is 0.0732. The molecule has 1 N–H and O–H groups in total. The number of nitrogens with zero attached hydrogens (tertiary/aromatic N) is 2. The number of sulfonamides is 1. The number of anilines is 1. The van der Waals surface area contributed by atoms with Gasteiger partial charge in [0.15, 0.2) is 0 Å². The van der Waals surface area contributed by atoms with E-state index in [0.29, 0.717) is 48.7 Å². The van der Waals surface area contributed by atoms with Crippen molar-refractivity contribution in [3.8, 4) is 5.75 Å². The summed E-state index contributed by atoms with van der Waals surface area (Å²) in [5.41, 5.74) is 1.46. The highest BCUT2D eigenvalue weighted by Crippen LogP contribution is 2.16. The normalized spacial score (nSPS) is 14.4. The topological polar surface area (TPSA) is 96.0 Å². The van der Waals surface area contributed by atoms with E-state index in [1.807, 2.05) is 0 Å². The Labute approximate surface area is 170 Å². The van der Waals surface area contributed by atoms with Crippen LogP contribution in [0.1, 0.15) is 20.7 Å². The van der Waals surface area contributed by atoms with Crippen LogP contribution in [0.3, 0.4) is 0 Å². The molecule has 1 saturated heterocycles. The van der Waals surface area contributed by atoms with Gasteiger partial charge < -0.3 is 14.5 Å². The van der Waals surface area contributed by atoms with Crippen molar-refractivity contribution in [1.82, 2.24) is 9.80 Å². The minimum Gasteiger partial charge on any atom is -0.497 e. The third-order valence-electron chi connectivity index (χ3n) is 4.63. The molecule has 9 heteroatoms. The molecule has 1 aliphatic rings. The highest BCUT2D eigenvalue weighted by atomic mass is 32.2. The Kier molecular flexibility index (Phi) is 6.07. The third-order valence-corrected chi connectivity index (χ3v) is 5.23. The maximum Gasteiger partial charge on any atom is 0.253 e. The summed E-state index contributed by atoms with van der Waals surface area (Å²) in [6.07, 6.45) is 1.07. The van der Waals surface area contributed by atoms with Crippen LogP contribution < -0.4 is 9.46 Å². The van der Waals surface area contributed by atoms with Crippen molar-refractivity contribution in [3.63, 3.8) is 0 Å². The minimum atomic E-state index is -3.36. The summed E-state index contributed by atoms with van der Waals surface area (Å²) in [5, 5.41) is 0. The number of carbonyl (C=O) groups excluding carboxylic acids is 2. The molecule has 2 amide bonds. The van der Waals surface area contributed by atoms with Gasteiger partial charge in [-0.3, -0.25) is 14.3 Å². The second-order valence-corrected chi connectivity index (χ2v) is 8.51. The van der Waals surface area contributed by atoms with E-state index >= 15 is 0 Å². The lowest BCUT2D eigenvalue weighted by molar-refractivity contribution is 0.0535. The van der Waals surface area contributed by atoms with Crippen LogP contribution in [0.5, 0.6) is 5.75 Å². The van der Waals surface area contributed by atoms with Crippen molar-refractivity contribution in [2.75, 3.05) is 44.3 Å². The highest BCUT2D eigenvalue weighted by Gasteiger charge is 2.25. The molecule has 0 saturated carbocycles. The fraction of sp³-hybridized carbons (Fsp3) is 0.300. The highest BCUT2D eigenvalue weighted by molar-refractivity contribution is 7.92. The van der Waals surface area contributed by atoms with Crippen LogP contribution in [-0.2, 0) is 10.0 Å². The van der Waals surface area contributed by atoms with Gasteiger partial charge in [-0.2, -0.15) is 0 Å². The lowest BCUT2D eigenvalue weighted by atomic mass is 10.1. The van der Waals surface area contributed by atoms with Crippen LogP contribution in [0.15, 0.2) is 48.5 Å². The number of hydrogen-bond acceptors (Lipinski definition) is 5. The third kappa shape index (κ3) is 5.26. The number of rotatable bonds is 5. The molecule has 0 bridgehead atoms. The molecule has 0 aliphatic carbocycles. The molecular formula is C20H23N3O5S. The summed E-state index contributed by atoms with van der Waals surface area (Å²) >= 11 is 0. The molecule has 2 aromatic rings. The average Bonchev–Trinajstić information content (AvgIpc) is 2.72. The van der Waals surface area contributed by atoms with Crippen LogP contribution in [0.4, 0.5) is 5.69 Å². The maximum absolute atomic E-state index is 12.7. The number of benzene rings is 2. The summed E-state index contributed by atoms with van der Waals surface area (Å²) in [6, 6.07) is 13.2. The molecule has 8 nitrogen and oxygen atoms in total. The largest absolute Gasteiger partial charge is 0.497 e. The number of carbonyl (C=O) groups is 2. The Hall–Kier alpha value is -3.07. The summed E-state index contributed by atoms with van der Waals surface area (Å²) < 4.78 is 30.0. The van der Waals surface area contributed by atoms with Crippen LogP contribution in [0.2, 0.25) is 0 Å². The van der Waals surface area contributed by atoms with Crippen LogP contribution in [-0.4, -0.2) is 69.6 Å². The van der Waals surface area contributed by atoms with Crippen molar-refractivity contribution in [1.29, 1.82) is 0 Å². The van der Waals surface area contributed by atoms with Crippen molar-refractivity contribution >= 4 is 27.5 Å². The van der Waals surface area contributed by atoms with Gasteiger partial charge in [-0.15, -0.1) is 0 Å². The Bertz CT molecular complexity index is 980. The number of hydrogen-bond donors (Lipinski definition) is 1. The number of amides is 2.